The molecule has 0 atom stereocenters. The van der Waals surface area contributed by atoms with E-state index in [0.717, 1.165) is 0 Å². The van der Waals surface area contributed by atoms with Crippen molar-refractivity contribution in [3.05, 3.63) is 41.4 Å². The summed E-state index contributed by atoms with van der Waals surface area (Å²) in [7, 11) is 0.421. The third kappa shape index (κ3) is 3.80. The highest BCUT2D eigenvalue weighted by atomic mass is 35.5. The Kier molecular flexibility index (Phi) is 5.23. The number of ether oxygens (including phenoxy) is 3. The van der Waals surface area contributed by atoms with E-state index < -0.39 is 10.0 Å². The standard InChI is InChI=1S/C15H16ClNO5S/c1-20-11-5-6-12(14(9-11)22-3)17-23(18,19)15-8-10(16)4-7-13(15)21-2/h4-9,17H,1-3H3. The molecule has 0 radical (unpaired) electrons. The van der Waals surface area contributed by atoms with Crippen LogP contribution in [0.15, 0.2) is 41.3 Å². The van der Waals surface area contributed by atoms with Crippen molar-refractivity contribution in [2.75, 3.05) is 26.1 Å². The molecule has 0 aromatic heterocycles. The van der Waals surface area contributed by atoms with Gasteiger partial charge in [0.25, 0.3) is 10.0 Å². The van der Waals surface area contributed by atoms with Crippen molar-refractivity contribution in [1.29, 1.82) is 0 Å². The molecular weight excluding hydrogens is 342 g/mol. The molecule has 6 nitrogen and oxygen atoms in total. The highest BCUT2D eigenvalue weighted by Gasteiger charge is 2.22. The summed E-state index contributed by atoms with van der Waals surface area (Å²) in [5.74, 6) is 1.06. The topological polar surface area (TPSA) is 73.9 Å². The van der Waals surface area contributed by atoms with E-state index in [0.29, 0.717) is 11.5 Å². The minimum absolute atomic E-state index is 0.0645. The van der Waals surface area contributed by atoms with E-state index >= 15 is 0 Å². The Labute approximate surface area is 140 Å². The Hall–Kier alpha value is -2.12. The van der Waals surface area contributed by atoms with Crippen LogP contribution in [0.4, 0.5) is 5.69 Å². The van der Waals surface area contributed by atoms with Crippen LogP contribution < -0.4 is 18.9 Å². The number of halogens is 1. The second kappa shape index (κ2) is 6.97. The van der Waals surface area contributed by atoms with Gasteiger partial charge >= 0.3 is 0 Å². The van der Waals surface area contributed by atoms with Crippen LogP contribution in [0.25, 0.3) is 0 Å². The molecule has 0 heterocycles. The lowest BCUT2D eigenvalue weighted by Gasteiger charge is -2.14. The monoisotopic (exact) mass is 357 g/mol. The number of hydrogen-bond donors (Lipinski definition) is 1. The van der Waals surface area contributed by atoms with Crippen LogP contribution in [0.2, 0.25) is 5.02 Å². The number of methoxy groups -OCH3 is 3. The first kappa shape index (κ1) is 17.2. The van der Waals surface area contributed by atoms with Crippen LogP contribution in [-0.2, 0) is 10.0 Å². The summed E-state index contributed by atoms with van der Waals surface area (Å²) >= 11 is 5.89. The summed E-state index contributed by atoms with van der Waals surface area (Å²) in [5, 5.41) is 0.285. The van der Waals surface area contributed by atoms with Gasteiger partial charge in [0.1, 0.15) is 22.1 Å². The number of nitrogens with one attached hydrogen (secondary N) is 1. The van der Waals surface area contributed by atoms with E-state index in [1.165, 1.54) is 33.5 Å². The second-order valence-corrected chi connectivity index (χ2v) is 6.55. The maximum absolute atomic E-state index is 12.6. The quantitative estimate of drug-likeness (QED) is 0.859. The lowest BCUT2D eigenvalue weighted by atomic mass is 10.3. The summed E-state index contributed by atoms with van der Waals surface area (Å²) in [5.41, 5.74) is 0.273. The molecule has 0 unspecified atom stereocenters. The summed E-state index contributed by atoms with van der Waals surface area (Å²) < 4.78 is 43.1. The molecule has 0 aliphatic heterocycles. The average Bonchev–Trinajstić information content (AvgIpc) is 2.54. The molecule has 0 aliphatic rings. The van der Waals surface area contributed by atoms with E-state index in [4.69, 9.17) is 25.8 Å². The van der Waals surface area contributed by atoms with Gasteiger partial charge in [-0.15, -0.1) is 0 Å². The molecule has 124 valence electrons. The van der Waals surface area contributed by atoms with Crippen molar-refractivity contribution >= 4 is 27.3 Å². The number of benzene rings is 2. The first-order valence-electron chi connectivity index (χ1n) is 6.49. The zero-order valence-electron chi connectivity index (χ0n) is 12.8. The van der Waals surface area contributed by atoms with Crippen molar-refractivity contribution in [3.63, 3.8) is 0 Å². The van der Waals surface area contributed by atoms with Crippen molar-refractivity contribution in [1.82, 2.24) is 0 Å². The summed E-state index contributed by atoms with van der Waals surface area (Å²) in [4.78, 5) is -0.0645. The van der Waals surface area contributed by atoms with E-state index in [9.17, 15) is 8.42 Å². The SMILES string of the molecule is COc1ccc(NS(=O)(=O)c2cc(Cl)ccc2OC)c(OC)c1. The smallest absolute Gasteiger partial charge is 0.265 e. The van der Waals surface area contributed by atoms with Crippen molar-refractivity contribution in [2.45, 2.75) is 4.90 Å². The zero-order chi connectivity index (χ0) is 17.0. The first-order chi connectivity index (χ1) is 10.9. The fourth-order valence-corrected chi connectivity index (χ4v) is 3.45. The number of anilines is 1. The number of rotatable bonds is 6. The zero-order valence-corrected chi connectivity index (χ0v) is 14.4. The van der Waals surface area contributed by atoms with Gasteiger partial charge in [-0.25, -0.2) is 8.42 Å². The predicted molar refractivity (Wildman–Crippen MR) is 88.4 cm³/mol. The maximum Gasteiger partial charge on any atom is 0.265 e. The summed E-state index contributed by atoms with van der Waals surface area (Å²) in [6.45, 7) is 0. The van der Waals surface area contributed by atoms with E-state index in [1.54, 1.807) is 24.3 Å². The molecule has 0 amide bonds. The highest BCUT2D eigenvalue weighted by molar-refractivity contribution is 7.92. The van der Waals surface area contributed by atoms with Gasteiger partial charge in [0.2, 0.25) is 0 Å². The van der Waals surface area contributed by atoms with E-state index in [2.05, 4.69) is 4.72 Å². The molecule has 0 spiro atoms. The van der Waals surface area contributed by atoms with Gasteiger partial charge < -0.3 is 14.2 Å². The average molecular weight is 358 g/mol. The van der Waals surface area contributed by atoms with Crippen LogP contribution in [0, 0.1) is 0 Å². The molecule has 2 aromatic carbocycles. The largest absolute Gasteiger partial charge is 0.497 e. The molecule has 1 N–H and O–H groups in total. The highest BCUT2D eigenvalue weighted by Crippen LogP contribution is 2.33. The first-order valence-corrected chi connectivity index (χ1v) is 8.35. The molecule has 0 bridgehead atoms. The molecule has 2 aromatic rings. The molecule has 23 heavy (non-hydrogen) atoms. The van der Waals surface area contributed by atoms with Gasteiger partial charge in [-0.3, -0.25) is 4.72 Å². The summed E-state index contributed by atoms with van der Waals surface area (Å²) in [6.07, 6.45) is 0. The van der Waals surface area contributed by atoms with Crippen LogP contribution in [0.3, 0.4) is 0 Å². The van der Waals surface area contributed by atoms with Gasteiger partial charge in [-0.2, -0.15) is 0 Å². The summed E-state index contributed by atoms with van der Waals surface area (Å²) in [6, 6.07) is 9.10. The Balaban J connectivity index is 2.45. The van der Waals surface area contributed by atoms with Crippen molar-refractivity contribution < 1.29 is 22.6 Å². The van der Waals surface area contributed by atoms with Crippen LogP contribution in [-0.4, -0.2) is 29.7 Å². The Morgan fingerprint density at radius 3 is 2.22 bits per heavy atom. The minimum Gasteiger partial charge on any atom is -0.497 e. The third-order valence-electron chi connectivity index (χ3n) is 3.07. The normalized spacial score (nSPS) is 11.0. The third-order valence-corrected chi connectivity index (χ3v) is 4.69. The van der Waals surface area contributed by atoms with Crippen LogP contribution >= 0.6 is 11.6 Å². The predicted octanol–water partition coefficient (Wildman–Crippen LogP) is 3.17. The van der Waals surface area contributed by atoms with Crippen molar-refractivity contribution in [3.8, 4) is 17.2 Å². The molecule has 8 heteroatoms. The van der Waals surface area contributed by atoms with Crippen molar-refractivity contribution in [2.24, 2.45) is 0 Å². The number of sulfonamides is 1. The van der Waals surface area contributed by atoms with Gasteiger partial charge in [-0.1, -0.05) is 11.6 Å². The van der Waals surface area contributed by atoms with Crippen LogP contribution in [0.1, 0.15) is 0 Å². The molecular formula is C15H16ClNO5S. The maximum atomic E-state index is 12.6. The van der Waals surface area contributed by atoms with Gasteiger partial charge in [0.05, 0.1) is 27.0 Å². The molecule has 0 saturated heterocycles. The Morgan fingerprint density at radius 2 is 1.61 bits per heavy atom. The lowest BCUT2D eigenvalue weighted by molar-refractivity contribution is 0.395. The van der Waals surface area contributed by atoms with Gasteiger partial charge in [0, 0.05) is 11.1 Å². The lowest BCUT2D eigenvalue weighted by Crippen LogP contribution is -2.14. The number of hydrogen-bond acceptors (Lipinski definition) is 5. The molecule has 2 rings (SSSR count). The van der Waals surface area contributed by atoms with E-state index in [1.807, 2.05) is 0 Å². The van der Waals surface area contributed by atoms with E-state index in [-0.39, 0.29) is 21.4 Å². The molecule has 0 fully saturated rings. The fraction of sp³-hybridized carbons (Fsp3) is 0.200. The van der Waals surface area contributed by atoms with Crippen LogP contribution in [0.5, 0.6) is 17.2 Å². The van der Waals surface area contributed by atoms with Gasteiger partial charge in [-0.05, 0) is 30.3 Å². The Morgan fingerprint density at radius 1 is 0.913 bits per heavy atom. The van der Waals surface area contributed by atoms with Gasteiger partial charge in [0.15, 0.2) is 0 Å². The second-order valence-electron chi connectivity index (χ2n) is 4.47. The molecule has 0 aliphatic carbocycles. The Bertz CT molecular complexity index is 808. The molecule has 0 saturated carbocycles. The fourth-order valence-electron chi connectivity index (χ4n) is 1.94. The minimum atomic E-state index is -3.91.